The minimum atomic E-state index is -0.396. The second-order valence-electron chi connectivity index (χ2n) is 5.14. The predicted molar refractivity (Wildman–Crippen MR) is 73.3 cm³/mol. The fourth-order valence-corrected chi connectivity index (χ4v) is 1.91. The summed E-state index contributed by atoms with van der Waals surface area (Å²) in [4.78, 5) is 16.4. The van der Waals surface area contributed by atoms with E-state index < -0.39 is 5.97 Å². The summed E-state index contributed by atoms with van der Waals surface area (Å²) in [5.41, 5.74) is 1.89. The maximum atomic E-state index is 11.9. The molecule has 0 bridgehead atoms. The molecule has 0 saturated heterocycles. The lowest BCUT2D eigenvalue weighted by Gasteiger charge is -2.20. The monoisotopic (exact) mass is 269 g/mol. The van der Waals surface area contributed by atoms with Gasteiger partial charge in [0.05, 0.1) is 22.9 Å². The van der Waals surface area contributed by atoms with Crippen LogP contribution in [0.15, 0.2) is 6.07 Å². The van der Waals surface area contributed by atoms with Crippen LogP contribution in [0.1, 0.15) is 56.4 Å². The Hall–Kier alpha value is -1.09. The van der Waals surface area contributed by atoms with Crippen molar-refractivity contribution in [3.8, 4) is 0 Å². The normalized spacial score (nSPS) is 11.4. The van der Waals surface area contributed by atoms with Crippen LogP contribution in [0.4, 0.5) is 0 Å². The minimum absolute atomic E-state index is 0.0965. The largest absolute Gasteiger partial charge is 0.462 e. The van der Waals surface area contributed by atoms with E-state index in [1.807, 2.05) is 6.92 Å². The second-order valence-corrected chi connectivity index (χ2v) is 5.54. The number of halogens is 1. The van der Waals surface area contributed by atoms with Crippen LogP contribution in [0, 0.1) is 0 Å². The molecular formula is C14H20ClNO2. The molecule has 0 aliphatic rings. The van der Waals surface area contributed by atoms with E-state index in [4.69, 9.17) is 16.3 Å². The maximum absolute atomic E-state index is 11.9. The van der Waals surface area contributed by atoms with Gasteiger partial charge in [0.2, 0.25) is 0 Å². The van der Waals surface area contributed by atoms with Gasteiger partial charge in [0.15, 0.2) is 0 Å². The van der Waals surface area contributed by atoms with Gasteiger partial charge < -0.3 is 4.74 Å². The van der Waals surface area contributed by atoms with Crippen molar-refractivity contribution in [3.05, 3.63) is 28.0 Å². The van der Waals surface area contributed by atoms with Gasteiger partial charge in [-0.3, -0.25) is 4.98 Å². The Morgan fingerprint density at radius 3 is 2.44 bits per heavy atom. The number of hydrogen-bond donors (Lipinski definition) is 0. The topological polar surface area (TPSA) is 39.2 Å². The van der Waals surface area contributed by atoms with E-state index in [9.17, 15) is 4.79 Å². The molecule has 0 N–H and O–H groups in total. The molecule has 0 aromatic carbocycles. The third-order valence-electron chi connectivity index (χ3n) is 2.63. The van der Waals surface area contributed by atoms with Crippen LogP contribution in [-0.4, -0.2) is 17.6 Å². The smallest absolute Gasteiger partial charge is 0.341 e. The third kappa shape index (κ3) is 3.22. The molecule has 1 aromatic rings. The molecule has 0 atom stereocenters. The van der Waals surface area contributed by atoms with E-state index in [0.717, 1.165) is 5.69 Å². The lowest BCUT2D eigenvalue weighted by atomic mass is 9.91. The molecular weight excluding hydrogens is 250 g/mol. The predicted octanol–water partition coefficient (Wildman–Crippen LogP) is 3.77. The highest BCUT2D eigenvalue weighted by molar-refractivity contribution is 6.33. The zero-order chi connectivity index (χ0) is 13.9. The van der Waals surface area contributed by atoms with Gasteiger partial charge in [0, 0.05) is 11.1 Å². The lowest BCUT2D eigenvalue weighted by Crippen LogP contribution is -2.18. The molecule has 0 spiro atoms. The molecule has 0 aliphatic carbocycles. The zero-order valence-corrected chi connectivity index (χ0v) is 12.4. The van der Waals surface area contributed by atoms with Crippen molar-refractivity contribution in [3.63, 3.8) is 0 Å². The van der Waals surface area contributed by atoms with E-state index in [1.165, 1.54) is 0 Å². The van der Waals surface area contributed by atoms with Gasteiger partial charge in [-0.2, -0.15) is 0 Å². The van der Waals surface area contributed by atoms with Crippen LogP contribution in [0.2, 0.25) is 5.02 Å². The summed E-state index contributed by atoms with van der Waals surface area (Å²) in [7, 11) is 0. The standard InChI is InChI=1S/C14H20ClNO2/c1-6-10-12(13(17)18-7-2)9(15)8-11(16-10)14(3,4)5/h8H,6-7H2,1-5H3. The maximum Gasteiger partial charge on any atom is 0.341 e. The number of carbonyl (C=O) groups excluding carboxylic acids is 1. The van der Waals surface area contributed by atoms with Gasteiger partial charge in [-0.15, -0.1) is 0 Å². The molecule has 100 valence electrons. The molecule has 1 heterocycles. The van der Waals surface area contributed by atoms with Gasteiger partial charge in [-0.25, -0.2) is 4.79 Å². The molecule has 0 amide bonds. The van der Waals surface area contributed by atoms with E-state index in [1.54, 1.807) is 13.0 Å². The SMILES string of the molecule is CCOC(=O)c1c(Cl)cc(C(C)(C)C)nc1CC. The van der Waals surface area contributed by atoms with Crippen molar-refractivity contribution in [2.75, 3.05) is 6.61 Å². The fraction of sp³-hybridized carbons (Fsp3) is 0.571. The molecule has 1 aromatic heterocycles. The summed E-state index contributed by atoms with van der Waals surface area (Å²) in [5.74, 6) is -0.396. The summed E-state index contributed by atoms with van der Waals surface area (Å²) in [6.07, 6.45) is 0.651. The van der Waals surface area contributed by atoms with E-state index in [0.29, 0.717) is 29.3 Å². The molecule has 0 unspecified atom stereocenters. The number of esters is 1. The van der Waals surface area contributed by atoms with Crippen LogP contribution in [0.5, 0.6) is 0 Å². The minimum Gasteiger partial charge on any atom is -0.462 e. The first-order valence-corrected chi connectivity index (χ1v) is 6.56. The Morgan fingerprint density at radius 1 is 1.39 bits per heavy atom. The first-order chi connectivity index (χ1) is 8.31. The number of aryl methyl sites for hydroxylation is 1. The van der Waals surface area contributed by atoms with Crippen LogP contribution in [-0.2, 0) is 16.6 Å². The first-order valence-electron chi connectivity index (χ1n) is 6.18. The van der Waals surface area contributed by atoms with Gasteiger partial charge >= 0.3 is 5.97 Å². The average Bonchev–Trinajstić information content (AvgIpc) is 2.26. The van der Waals surface area contributed by atoms with Crippen molar-refractivity contribution in [1.82, 2.24) is 4.98 Å². The third-order valence-corrected chi connectivity index (χ3v) is 2.93. The van der Waals surface area contributed by atoms with Gasteiger partial charge in [-0.1, -0.05) is 39.3 Å². The molecule has 18 heavy (non-hydrogen) atoms. The van der Waals surface area contributed by atoms with E-state index >= 15 is 0 Å². The number of hydrogen-bond acceptors (Lipinski definition) is 3. The molecule has 4 heteroatoms. The van der Waals surface area contributed by atoms with Gasteiger partial charge in [0.25, 0.3) is 0 Å². The van der Waals surface area contributed by atoms with Gasteiger partial charge in [-0.05, 0) is 19.4 Å². The van der Waals surface area contributed by atoms with Crippen molar-refractivity contribution >= 4 is 17.6 Å². The highest BCUT2D eigenvalue weighted by Gasteiger charge is 2.23. The number of aromatic nitrogens is 1. The average molecular weight is 270 g/mol. The molecule has 1 rings (SSSR count). The van der Waals surface area contributed by atoms with Crippen LogP contribution < -0.4 is 0 Å². The van der Waals surface area contributed by atoms with Gasteiger partial charge in [0.1, 0.15) is 0 Å². The summed E-state index contributed by atoms with van der Waals surface area (Å²) < 4.78 is 5.01. The Balaban J connectivity index is 3.33. The Labute approximate surface area is 114 Å². The Kier molecular flexibility index (Phi) is 4.74. The molecule has 3 nitrogen and oxygen atoms in total. The number of rotatable bonds is 3. The zero-order valence-electron chi connectivity index (χ0n) is 11.6. The van der Waals surface area contributed by atoms with Crippen molar-refractivity contribution in [2.24, 2.45) is 0 Å². The second kappa shape index (κ2) is 5.70. The molecule has 0 aliphatic heterocycles. The van der Waals surface area contributed by atoms with Crippen LogP contribution in [0.25, 0.3) is 0 Å². The summed E-state index contributed by atoms with van der Waals surface area (Å²) in [6, 6.07) is 1.76. The highest BCUT2D eigenvalue weighted by Crippen LogP contribution is 2.28. The number of pyridine rings is 1. The number of ether oxygens (including phenoxy) is 1. The Bertz CT molecular complexity index is 450. The van der Waals surface area contributed by atoms with Crippen molar-refractivity contribution in [1.29, 1.82) is 0 Å². The number of nitrogens with zero attached hydrogens (tertiary/aromatic N) is 1. The first kappa shape index (κ1) is 15.0. The molecule has 0 fully saturated rings. The Morgan fingerprint density at radius 2 is 2.00 bits per heavy atom. The van der Waals surface area contributed by atoms with E-state index in [-0.39, 0.29) is 5.41 Å². The molecule has 0 saturated carbocycles. The summed E-state index contributed by atoms with van der Waals surface area (Å²) >= 11 is 6.21. The van der Waals surface area contributed by atoms with E-state index in [2.05, 4.69) is 25.8 Å². The lowest BCUT2D eigenvalue weighted by molar-refractivity contribution is 0.0524. The highest BCUT2D eigenvalue weighted by atomic mass is 35.5. The van der Waals surface area contributed by atoms with Crippen LogP contribution in [0.3, 0.4) is 0 Å². The van der Waals surface area contributed by atoms with Crippen molar-refractivity contribution < 1.29 is 9.53 Å². The summed E-state index contributed by atoms with van der Waals surface area (Å²) in [6.45, 7) is 10.3. The quantitative estimate of drug-likeness (QED) is 0.784. The number of carbonyl (C=O) groups is 1. The molecule has 0 radical (unpaired) electrons. The van der Waals surface area contributed by atoms with Crippen molar-refractivity contribution in [2.45, 2.75) is 46.5 Å². The summed E-state index contributed by atoms with van der Waals surface area (Å²) in [5, 5.41) is 0.422. The fourth-order valence-electron chi connectivity index (χ4n) is 1.62. The van der Waals surface area contributed by atoms with Crippen LogP contribution >= 0.6 is 11.6 Å².